The average Bonchev–Trinajstić information content (AvgIpc) is 2.95. The Labute approximate surface area is 113 Å². The molecule has 0 amide bonds. The maximum absolute atomic E-state index is 14.0. The zero-order chi connectivity index (χ0) is 14.4. The Kier molecular flexibility index (Phi) is 2.81. The fraction of sp³-hybridized carbons (Fsp3) is 0.286. The zero-order valence-electron chi connectivity index (χ0n) is 10.8. The number of benzene rings is 1. The molecule has 1 aromatic carbocycles. The second-order valence-corrected chi connectivity index (χ2v) is 4.90. The topological polar surface area (TPSA) is 55.1 Å². The second kappa shape index (κ2) is 4.40. The van der Waals surface area contributed by atoms with Gasteiger partial charge in [-0.1, -0.05) is 0 Å². The van der Waals surface area contributed by atoms with E-state index in [1.54, 1.807) is 0 Å². The summed E-state index contributed by atoms with van der Waals surface area (Å²) in [6.07, 6.45) is 2.01. The van der Waals surface area contributed by atoms with Crippen LogP contribution in [-0.2, 0) is 12.8 Å². The summed E-state index contributed by atoms with van der Waals surface area (Å²) in [4.78, 5) is 11.2. The van der Waals surface area contributed by atoms with Crippen LogP contribution in [0.3, 0.4) is 0 Å². The molecule has 0 unspecified atom stereocenters. The van der Waals surface area contributed by atoms with Crippen molar-refractivity contribution in [2.24, 2.45) is 0 Å². The smallest absolute Gasteiger partial charge is 0.356 e. The Bertz CT molecular complexity index is 722. The molecule has 0 saturated heterocycles. The first-order valence-corrected chi connectivity index (χ1v) is 6.29. The van der Waals surface area contributed by atoms with E-state index in [1.165, 1.54) is 11.6 Å². The summed E-state index contributed by atoms with van der Waals surface area (Å²) < 4.78 is 28.9. The lowest BCUT2D eigenvalue weighted by Crippen LogP contribution is -2.07. The third-order valence-electron chi connectivity index (χ3n) is 3.59. The van der Waals surface area contributed by atoms with Gasteiger partial charge in [0.2, 0.25) is 0 Å². The second-order valence-electron chi connectivity index (χ2n) is 4.90. The molecule has 0 aliphatic heterocycles. The van der Waals surface area contributed by atoms with Crippen LogP contribution in [0.4, 0.5) is 8.78 Å². The molecule has 0 fully saturated rings. The molecule has 20 heavy (non-hydrogen) atoms. The first kappa shape index (κ1) is 12.8. The molecule has 0 spiro atoms. The highest BCUT2D eigenvalue weighted by molar-refractivity contribution is 5.87. The zero-order valence-corrected chi connectivity index (χ0v) is 10.8. The molecule has 1 aliphatic carbocycles. The van der Waals surface area contributed by atoms with Crippen LogP contribution in [0.1, 0.15) is 33.7 Å². The Morgan fingerprint density at radius 1 is 1.30 bits per heavy atom. The van der Waals surface area contributed by atoms with E-state index in [-0.39, 0.29) is 16.9 Å². The monoisotopic (exact) mass is 278 g/mol. The molecule has 1 heterocycles. The van der Waals surface area contributed by atoms with Gasteiger partial charge in [0.05, 0.1) is 0 Å². The number of nitrogens with zero attached hydrogens (tertiary/aromatic N) is 2. The van der Waals surface area contributed by atoms with Crippen molar-refractivity contribution in [1.29, 1.82) is 0 Å². The Morgan fingerprint density at radius 2 is 2.05 bits per heavy atom. The van der Waals surface area contributed by atoms with E-state index in [2.05, 4.69) is 5.10 Å². The average molecular weight is 278 g/mol. The third kappa shape index (κ3) is 1.79. The van der Waals surface area contributed by atoms with Gasteiger partial charge in [0.25, 0.3) is 0 Å². The molecule has 104 valence electrons. The fourth-order valence-electron chi connectivity index (χ4n) is 2.61. The largest absolute Gasteiger partial charge is 0.476 e. The van der Waals surface area contributed by atoms with Gasteiger partial charge in [-0.2, -0.15) is 5.10 Å². The molecular formula is C14H12F2N2O2. The van der Waals surface area contributed by atoms with E-state index in [1.807, 2.05) is 0 Å². The number of carboxylic acid groups (broad SMARTS) is 1. The normalized spacial score (nSPS) is 13.6. The summed E-state index contributed by atoms with van der Waals surface area (Å²) in [7, 11) is 0. The number of aryl methyl sites for hydroxylation is 1. The molecule has 4 nitrogen and oxygen atoms in total. The molecule has 0 atom stereocenters. The van der Waals surface area contributed by atoms with Gasteiger partial charge in [-0.05, 0) is 37.8 Å². The minimum Gasteiger partial charge on any atom is -0.476 e. The first-order chi connectivity index (χ1) is 9.49. The molecular weight excluding hydrogens is 266 g/mol. The highest BCUT2D eigenvalue weighted by Gasteiger charge is 2.27. The SMILES string of the molecule is Cc1cc(F)c(-n2nc(C(=O)O)c3c2CCC3)cc1F. The van der Waals surface area contributed by atoms with Crippen LogP contribution in [0.15, 0.2) is 12.1 Å². The molecule has 1 aliphatic rings. The number of fused-ring (bicyclic) bond motifs is 1. The van der Waals surface area contributed by atoms with E-state index >= 15 is 0 Å². The van der Waals surface area contributed by atoms with Gasteiger partial charge in [-0.3, -0.25) is 0 Å². The van der Waals surface area contributed by atoms with Crippen LogP contribution in [0.5, 0.6) is 0 Å². The molecule has 1 aromatic heterocycles. The van der Waals surface area contributed by atoms with Crippen LogP contribution in [-0.4, -0.2) is 20.9 Å². The molecule has 6 heteroatoms. The maximum atomic E-state index is 14.0. The van der Waals surface area contributed by atoms with Gasteiger partial charge in [-0.15, -0.1) is 0 Å². The van der Waals surface area contributed by atoms with Crippen molar-refractivity contribution in [3.8, 4) is 5.69 Å². The number of aromatic carboxylic acids is 1. The molecule has 0 radical (unpaired) electrons. The van der Waals surface area contributed by atoms with E-state index in [0.717, 1.165) is 18.6 Å². The molecule has 1 N–H and O–H groups in total. The van der Waals surface area contributed by atoms with Crippen molar-refractivity contribution in [2.45, 2.75) is 26.2 Å². The van der Waals surface area contributed by atoms with Crippen molar-refractivity contribution in [2.75, 3.05) is 0 Å². The van der Waals surface area contributed by atoms with Gasteiger partial charge in [-0.25, -0.2) is 18.3 Å². The summed E-state index contributed by atoms with van der Waals surface area (Å²) in [5.41, 5.74) is 1.37. The summed E-state index contributed by atoms with van der Waals surface area (Å²) in [5, 5.41) is 13.1. The standard InChI is InChI=1S/C14H12F2N2O2/c1-7-5-10(16)12(6-9(7)15)18-11-4-2-3-8(11)13(17-18)14(19)20/h5-6H,2-4H2,1H3,(H,19,20). The third-order valence-corrected chi connectivity index (χ3v) is 3.59. The number of hydrogen-bond donors (Lipinski definition) is 1. The minimum atomic E-state index is -1.14. The summed E-state index contributed by atoms with van der Waals surface area (Å²) in [5.74, 6) is -2.30. The summed E-state index contributed by atoms with van der Waals surface area (Å²) in [6, 6.07) is 2.15. The summed E-state index contributed by atoms with van der Waals surface area (Å²) in [6.45, 7) is 1.47. The van der Waals surface area contributed by atoms with Crippen LogP contribution in [0.25, 0.3) is 5.69 Å². The minimum absolute atomic E-state index is 0.0428. The van der Waals surface area contributed by atoms with E-state index in [9.17, 15) is 13.6 Å². The Hall–Kier alpha value is -2.24. The lowest BCUT2D eigenvalue weighted by Gasteiger charge is -2.08. The predicted octanol–water partition coefficient (Wildman–Crippen LogP) is 2.65. The van der Waals surface area contributed by atoms with Crippen molar-refractivity contribution in [3.63, 3.8) is 0 Å². The lowest BCUT2D eigenvalue weighted by atomic mass is 10.2. The van der Waals surface area contributed by atoms with Crippen molar-refractivity contribution >= 4 is 5.97 Å². The summed E-state index contributed by atoms with van der Waals surface area (Å²) >= 11 is 0. The van der Waals surface area contributed by atoms with Gasteiger partial charge >= 0.3 is 5.97 Å². The number of hydrogen-bond acceptors (Lipinski definition) is 2. The molecule has 3 rings (SSSR count). The fourth-order valence-corrected chi connectivity index (χ4v) is 2.61. The van der Waals surface area contributed by atoms with Gasteiger partial charge in [0.1, 0.15) is 17.3 Å². The van der Waals surface area contributed by atoms with E-state index in [4.69, 9.17) is 5.11 Å². The highest BCUT2D eigenvalue weighted by Crippen LogP contribution is 2.29. The Morgan fingerprint density at radius 3 is 2.75 bits per heavy atom. The number of halogens is 2. The number of rotatable bonds is 2. The van der Waals surface area contributed by atoms with Crippen LogP contribution < -0.4 is 0 Å². The number of aromatic nitrogens is 2. The predicted molar refractivity (Wildman–Crippen MR) is 67.2 cm³/mol. The quantitative estimate of drug-likeness (QED) is 0.918. The first-order valence-electron chi connectivity index (χ1n) is 6.29. The molecule has 0 bridgehead atoms. The van der Waals surface area contributed by atoms with E-state index < -0.39 is 17.6 Å². The Balaban J connectivity index is 2.23. The van der Waals surface area contributed by atoms with Gasteiger partial charge < -0.3 is 5.11 Å². The maximum Gasteiger partial charge on any atom is 0.356 e. The van der Waals surface area contributed by atoms with Crippen molar-refractivity contribution < 1.29 is 18.7 Å². The van der Waals surface area contributed by atoms with E-state index in [0.29, 0.717) is 24.1 Å². The molecule has 2 aromatic rings. The lowest BCUT2D eigenvalue weighted by molar-refractivity contribution is 0.0689. The van der Waals surface area contributed by atoms with Crippen molar-refractivity contribution in [3.05, 3.63) is 46.3 Å². The van der Waals surface area contributed by atoms with Gasteiger partial charge in [0.15, 0.2) is 5.69 Å². The molecule has 0 saturated carbocycles. The highest BCUT2D eigenvalue weighted by atomic mass is 19.1. The van der Waals surface area contributed by atoms with Gasteiger partial charge in [0, 0.05) is 17.3 Å². The van der Waals surface area contributed by atoms with Crippen molar-refractivity contribution in [1.82, 2.24) is 9.78 Å². The van der Waals surface area contributed by atoms with Crippen LogP contribution in [0, 0.1) is 18.6 Å². The van der Waals surface area contributed by atoms with Crippen LogP contribution >= 0.6 is 0 Å². The number of carboxylic acids is 1. The number of carbonyl (C=O) groups is 1. The van der Waals surface area contributed by atoms with Crippen LogP contribution in [0.2, 0.25) is 0 Å².